The molecular weight excluding hydrogens is 296 g/mol. The molecule has 4 heteroatoms. The number of fused-ring (bicyclic) bond motifs is 3. The van der Waals surface area contributed by atoms with E-state index in [9.17, 15) is 13.0 Å². The molecule has 0 bridgehead atoms. The van der Waals surface area contributed by atoms with Gasteiger partial charge in [0.2, 0.25) is 0 Å². The number of benzene rings is 3. The van der Waals surface area contributed by atoms with Crippen molar-refractivity contribution in [3.63, 3.8) is 0 Å². The van der Waals surface area contributed by atoms with Gasteiger partial charge in [0.25, 0.3) is 10.1 Å². The van der Waals surface area contributed by atoms with Crippen molar-refractivity contribution in [1.29, 1.82) is 0 Å². The number of hydrogen-bond acceptors (Lipinski definition) is 2. The molecule has 0 radical (unpaired) electrons. The summed E-state index contributed by atoms with van der Waals surface area (Å²) in [6.07, 6.45) is 4.20. The smallest absolute Gasteiger partial charge is 0.282 e. The predicted molar refractivity (Wildman–Crippen MR) is 89.8 cm³/mol. The molecule has 0 amide bonds. The third kappa shape index (κ3) is 2.51. The summed E-state index contributed by atoms with van der Waals surface area (Å²) in [6.45, 7) is 1.88. The molecule has 112 valence electrons. The molecule has 0 heterocycles. The van der Waals surface area contributed by atoms with E-state index in [1.54, 1.807) is 12.1 Å². The van der Waals surface area contributed by atoms with Gasteiger partial charge in [0, 0.05) is 5.39 Å². The maximum atomic E-state index is 11.9. The lowest BCUT2D eigenvalue weighted by molar-refractivity contribution is 0.483. The minimum atomic E-state index is -4.29. The second-order valence-electron chi connectivity index (χ2n) is 5.18. The monoisotopic (exact) mass is 312 g/mol. The summed E-state index contributed by atoms with van der Waals surface area (Å²) >= 11 is 0. The van der Waals surface area contributed by atoms with Crippen LogP contribution in [0.3, 0.4) is 0 Å². The van der Waals surface area contributed by atoms with E-state index < -0.39 is 10.1 Å². The summed E-state index contributed by atoms with van der Waals surface area (Å²) in [5.74, 6) is 0. The van der Waals surface area contributed by atoms with E-state index in [2.05, 4.69) is 0 Å². The van der Waals surface area contributed by atoms with Gasteiger partial charge in [-0.3, -0.25) is 4.55 Å². The lowest BCUT2D eigenvalue weighted by atomic mass is 9.99. The average Bonchev–Trinajstić information content (AvgIpc) is 2.50. The van der Waals surface area contributed by atoms with Crippen LogP contribution in [0.2, 0.25) is 0 Å². The Hall–Kier alpha value is -2.17. The minimum Gasteiger partial charge on any atom is -0.282 e. The predicted octanol–water partition coefficient (Wildman–Crippen LogP) is 4.36. The maximum Gasteiger partial charge on any atom is 0.295 e. The SMILES string of the molecule is CC=CCc1ccc2c(ccc3ccccc32)c1S(=O)(=O)O. The Bertz CT molecular complexity index is 986. The molecule has 0 aliphatic rings. The fourth-order valence-electron chi connectivity index (χ4n) is 2.82. The van der Waals surface area contributed by atoms with Crippen molar-refractivity contribution in [2.24, 2.45) is 0 Å². The van der Waals surface area contributed by atoms with E-state index in [4.69, 9.17) is 0 Å². The highest BCUT2D eigenvalue weighted by Crippen LogP contribution is 2.32. The molecule has 22 heavy (non-hydrogen) atoms. The van der Waals surface area contributed by atoms with Crippen molar-refractivity contribution in [3.8, 4) is 0 Å². The highest BCUT2D eigenvalue weighted by atomic mass is 32.2. The van der Waals surface area contributed by atoms with E-state index in [0.29, 0.717) is 17.4 Å². The molecule has 0 saturated heterocycles. The fourth-order valence-corrected chi connectivity index (χ4v) is 3.75. The average molecular weight is 312 g/mol. The Labute approximate surface area is 129 Å². The van der Waals surface area contributed by atoms with Crippen LogP contribution in [-0.4, -0.2) is 13.0 Å². The molecule has 0 spiro atoms. The largest absolute Gasteiger partial charge is 0.295 e. The number of hydrogen-bond donors (Lipinski definition) is 1. The van der Waals surface area contributed by atoms with Gasteiger partial charge in [0.15, 0.2) is 0 Å². The normalized spacial score (nSPS) is 12.5. The first-order chi connectivity index (χ1) is 10.5. The van der Waals surface area contributed by atoms with Crippen LogP contribution < -0.4 is 0 Å². The number of allylic oxidation sites excluding steroid dienone is 2. The van der Waals surface area contributed by atoms with Gasteiger partial charge >= 0.3 is 0 Å². The van der Waals surface area contributed by atoms with Gasteiger partial charge in [-0.1, -0.05) is 60.7 Å². The summed E-state index contributed by atoms with van der Waals surface area (Å²) in [5, 5.41) is 3.40. The van der Waals surface area contributed by atoms with Crippen molar-refractivity contribution >= 4 is 31.7 Å². The van der Waals surface area contributed by atoms with Crippen molar-refractivity contribution in [2.75, 3.05) is 0 Å². The standard InChI is InChI=1S/C18H16O3S/c1-2-3-6-14-10-11-16-15-8-5-4-7-13(15)9-12-17(16)18(14)22(19,20)21/h2-5,7-12H,6H2,1H3,(H,19,20,21). The van der Waals surface area contributed by atoms with Gasteiger partial charge < -0.3 is 0 Å². The third-order valence-corrected chi connectivity index (χ3v) is 4.79. The fraction of sp³-hybridized carbons (Fsp3) is 0.111. The summed E-state index contributed by atoms with van der Waals surface area (Å²) in [5.41, 5.74) is 0.600. The molecule has 1 N–H and O–H groups in total. The zero-order chi connectivity index (χ0) is 15.7. The van der Waals surface area contributed by atoms with E-state index in [1.807, 2.05) is 55.5 Å². The molecule has 3 nitrogen and oxygen atoms in total. The molecule has 0 aromatic heterocycles. The van der Waals surface area contributed by atoms with Crippen LogP contribution in [0.5, 0.6) is 0 Å². The number of rotatable bonds is 3. The van der Waals surface area contributed by atoms with Crippen LogP contribution in [0.1, 0.15) is 12.5 Å². The molecule has 3 rings (SSSR count). The van der Waals surface area contributed by atoms with Crippen LogP contribution >= 0.6 is 0 Å². The molecule has 0 aliphatic carbocycles. The van der Waals surface area contributed by atoms with Crippen LogP contribution in [0.4, 0.5) is 0 Å². The minimum absolute atomic E-state index is 0.00820. The summed E-state index contributed by atoms with van der Waals surface area (Å²) < 4.78 is 33.5. The Morgan fingerprint density at radius 3 is 2.41 bits per heavy atom. The summed E-state index contributed by atoms with van der Waals surface area (Å²) in [6, 6.07) is 15.1. The van der Waals surface area contributed by atoms with Crippen molar-refractivity contribution in [3.05, 3.63) is 66.2 Å². The second-order valence-corrected chi connectivity index (χ2v) is 6.54. The first-order valence-electron chi connectivity index (χ1n) is 7.04. The van der Waals surface area contributed by atoms with Gasteiger partial charge in [-0.05, 0) is 35.1 Å². The Morgan fingerprint density at radius 1 is 0.955 bits per heavy atom. The molecule has 0 saturated carbocycles. The molecule has 0 atom stereocenters. The van der Waals surface area contributed by atoms with E-state index in [1.165, 1.54) is 0 Å². The summed E-state index contributed by atoms with van der Waals surface area (Å²) in [4.78, 5) is 0.00820. The first-order valence-corrected chi connectivity index (χ1v) is 8.48. The molecule has 0 fully saturated rings. The van der Waals surface area contributed by atoms with Gasteiger partial charge in [0.1, 0.15) is 4.90 Å². The van der Waals surface area contributed by atoms with Crippen molar-refractivity contribution < 1.29 is 13.0 Å². The molecule has 0 aliphatic heterocycles. The van der Waals surface area contributed by atoms with Crippen LogP contribution in [0.15, 0.2) is 65.6 Å². The lowest BCUT2D eigenvalue weighted by Crippen LogP contribution is -2.04. The highest BCUT2D eigenvalue weighted by Gasteiger charge is 2.19. The molecule has 0 unspecified atom stereocenters. The Kier molecular flexibility index (Phi) is 3.72. The Morgan fingerprint density at radius 2 is 1.68 bits per heavy atom. The first kappa shape index (κ1) is 14.8. The zero-order valence-corrected chi connectivity index (χ0v) is 13.0. The highest BCUT2D eigenvalue weighted by molar-refractivity contribution is 7.86. The second kappa shape index (κ2) is 5.55. The van der Waals surface area contributed by atoms with Crippen molar-refractivity contribution in [2.45, 2.75) is 18.2 Å². The van der Waals surface area contributed by atoms with Gasteiger partial charge in [-0.2, -0.15) is 8.42 Å². The van der Waals surface area contributed by atoms with Gasteiger partial charge in [-0.15, -0.1) is 0 Å². The quantitative estimate of drug-likeness (QED) is 0.444. The third-order valence-electron chi connectivity index (χ3n) is 3.79. The van der Waals surface area contributed by atoms with E-state index >= 15 is 0 Å². The summed E-state index contributed by atoms with van der Waals surface area (Å²) in [7, 11) is -4.29. The zero-order valence-electron chi connectivity index (χ0n) is 12.2. The van der Waals surface area contributed by atoms with Crippen molar-refractivity contribution in [1.82, 2.24) is 0 Å². The van der Waals surface area contributed by atoms with E-state index in [0.717, 1.165) is 16.2 Å². The van der Waals surface area contributed by atoms with E-state index in [-0.39, 0.29) is 4.90 Å². The molecule has 3 aromatic carbocycles. The van der Waals surface area contributed by atoms with Crippen LogP contribution in [0.25, 0.3) is 21.5 Å². The van der Waals surface area contributed by atoms with Crippen LogP contribution in [-0.2, 0) is 16.5 Å². The Balaban J connectivity index is 2.44. The van der Waals surface area contributed by atoms with Gasteiger partial charge in [-0.25, -0.2) is 0 Å². The topological polar surface area (TPSA) is 54.4 Å². The molecular formula is C18H16O3S. The van der Waals surface area contributed by atoms with Crippen LogP contribution in [0, 0.1) is 0 Å². The maximum absolute atomic E-state index is 11.9. The lowest BCUT2D eigenvalue weighted by Gasteiger charge is -2.11. The van der Waals surface area contributed by atoms with Gasteiger partial charge in [0.05, 0.1) is 0 Å². The molecule has 3 aromatic rings.